The van der Waals surface area contributed by atoms with Gasteiger partial charge in [0.05, 0.1) is 0 Å². The van der Waals surface area contributed by atoms with Gasteiger partial charge < -0.3 is 16.2 Å². The van der Waals surface area contributed by atoms with Crippen molar-refractivity contribution in [1.82, 2.24) is 0 Å². The molecule has 0 saturated heterocycles. The van der Waals surface area contributed by atoms with Gasteiger partial charge in [0.1, 0.15) is 11.6 Å². The Kier molecular flexibility index (Phi) is 4.48. The van der Waals surface area contributed by atoms with Gasteiger partial charge in [0.2, 0.25) is 0 Å². The molecule has 5 nitrogen and oxygen atoms in total. The predicted molar refractivity (Wildman–Crippen MR) is 100 cm³/mol. The molecule has 0 unspecified atom stereocenters. The highest BCUT2D eigenvalue weighted by molar-refractivity contribution is 5.99. The molecule has 3 rings (SSSR count). The molecule has 0 heterocycles. The van der Waals surface area contributed by atoms with Gasteiger partial charge in [-0.2, -0.15) is 0 Å². The molecule has 124 valence electrons. The lowest BCUT2D eigenvalue weighted by Crippen LogP contribution is -2.10. The molecule has 5 heteroatoms. The Bertz CT molecular complexity index is 976. The van der Waals surface area contributed by atoms with Crippen LogP contribution in [0.15, 0.2) is 66.7 Å². The van der Waals surface area contributed by atoms with Crippen molar-refractivity contribution < 1.29 is 9.53 Å². The number of rotatable bonds is 4. The van der Waals surface area contributed by atoms with Gasteiger partial charge in [-0.15, -0.1) is 0 Å². The Labute approximate surface area is 145 Å². The summed E-state index contributed by atoms with van der Waals surface area (Å²) in [7, 11) is 0. The second-order valence-electron chi connectivity index (χ2n) is 5.56. The van der Waals surface area contributed by atoms with Crippen LogP contribution in [0.1, 0.15) is 11.1 Å². The number of ether oxygens (including phenoxy) is 1. The summed E-state index contributed by atoms with van der Waals surface area (Å²) >= 11 is 0. The molecule has 0 aliphatic heterocycles. The normalized spacial score (nSPS) is 10.9. The Morgan fingerprint density at radius 3 is 2.36 bits per heavy atom. The van der Waals surface area contributed by atoms with E-state index in [0.717, 1.165) is 16.3 Å². The first-order valence-corrected chi connectivity index (χ1v) is 7.65. The van der Waals surface area contributed by atoms with Crippen molar-refractivity contribution in [3.05, 3.63) is 77.9 Å². The van der Waals surface area contributed by atoms with Crippen molar-refractivity contribution in [2.45, 2.75) is 0 Å². The summed E-state index contributed by atoms with van der Waals surface area (Å²) in [4.78, 5) is 12.0. The van der Waals surface area contributed by atoms with Crippen LogP contribution in [0.2, 0.25) is 0 Å². The third kappa shape index (κ3) is 4.03. The van der Waals surface area contributed by atoms with Crippen LogP contribution in [0.3, 0.4) is 0 Å². The molecule has 0 saturated carbocycles. The lowest BCUT2D eigenvalue weighted by atomic mass is 10.1. The summed E-state index contributed by atoms with van der Waals surface area (Å²) < 4.78 is 5.33. The monoisotopic (exact) mass is 331 g/mol. The second kappa shape index (κ2) is 6.88. The maximum Gasteiger partial charge on any atom is 0.336 e. The number of esters is 1. The van der Waals surface area contributed by atoms with Gasteiger partial charge >= 0.3 is 5.97 Å². The largest absolute Gasteiger partial charge is 0.423 e. The van der Waals surface area contributed by atoms with Crippen LogP contribution in [0.5, 0.6) is 5.75 Å². The molecule has 0 aliphatic rings. The Balaban J connectivity index is 1.73. The molecule has 0 bridgehead atoms. The molecule has 0 spiro atoms. The molecule has 0 aromatic heterocycles. The highest BCUT2D eigenvalue weighted by Crippen LogP contribution is 2.22. The molecular weight excluding hydrogens is 314 g/mol. The van der Waals surface area contributed by atoms with Crippen molar-refractivity contribution in [3.8, 4) is 5.75 Å². The van der Waals surface area contributed by atoms with Crippen LogP contribution in [0.4, 0.5) is 5.69 Å². The zero-order valence-electron chi connectivity index (χ0n) is 13.4. The molecular formula is C20H17N3O2. The zero-order valence-corrected chi connectivity index (χ0v) is 13.4. The first-order chi connectivity index (χ1) is 12.0. The minimum absolute atomic E-state index is 0.0187. The fourth-order valence-electron chi connectivity index (χ4n) is 2.38. The van der Waals surface area contributed by atoms with Gasteiger partial charge in [-0.25, -0.2) is 4.79 Å². The first-order valence-electron chi connectivity index (χ1n) is 7.65. The van der Waals surface area contributed by atoms with Crippen molar-refractivity contribution in [2.75, 3.05) is 5.73 Å². The molecule has 5 N–H and O–H groups in total. The minimum Gasteiger partial charge on any atom is -0.423 e. The standard InChI is InChI=1S/C20H17N3O2/c21-17-7-1-13(2-8-17)3-10-19(24)25-18-9-6-14-11-16(20(22)23)5-4-15(14)12-18/h1-12H,21H2,(H3,22,23)/b10-3+. The van der Waals surface area contributed by atoms with E-state index < -0.39 is 5.97 Å². The van der Waals surface area contributed by atoms with Gasteiger partial charge in [0.15, 0.2) is 0 Å². The number of fused-ring (bicyclic) bond motifs is 1. The SMILES string of the molecule is N=C(N)c1ccc2cc(OC(=O)/C=C/c3ccc(N)cc3)ccc2c1. The first kappa shape index (κ1) is 16.3. The fourth-order valence-corrected chi connectivity index (χ4v) is 2.38. The minimum atomic E-state index is -0.462. The van der Waals surface area contributed by atoms with Gasteiger partial charge in [-0.05, 0) is 52.7 Å². The third-order valence-corrected chi connectivity index (χ3v) is 3.69. The third-order valence-electron chi connectivity index (χ3n) is 3.69. The van der Waals surface area contributed by atoms with Crippen LogP contribution < -0.4 is 16.2 Å². The van der Waals surface area contributed by atoms with Crippen molar-refractivity contribution >= 4 is 34.3 Å². The topological polar surface area (TPSA) is 102 Å². The maximum absolute atomic E-state index is 12.0. The number of nitrogen functional groups attached to an aromatic ring is 2. The van der Waals surface area contributed by atoms with Crippen LogP contribution >= 0.6 is 0 Å². The molecule has 3 aromatic rings. The predicted octanol–water partition coefficient (Wildman–Crippen LogP) is 3.32. The molecule has 0 radical (unpaired) electrons. The Hall–Kier alpha value is -3.60. The van der Waals surface area contributed by atoms with Gasteiger partial charge in [0.25, 0.3) is 0 Å². The fraction of sp³-hybridized carbons (Fsp3) is 0. The van der Waals surface area contributed by atoms with E-state index >= 15 is 0 Å². The number of nitrogens with one attached hydrogen (secondary N) is 1. The highest BCUT2D eigenvalue weighted by Gasteiger charge is 2.04. The van der Waals surface area contributed by atoms with E-state index in [9.17, 15) is 4.79 Å². The van der Waals surface area contributed by atoms with E-state index in [0.29, 0.717) is 17.0 Å². The van der Waals surface area contributed by atoms with E-state index in [-0.39, 0.29) is 5.84 Å². The smallest absolute Gasteiger partial charge is 0.336 e. The van der Waals surface area contributed by atoms with E-state index in [1.165, 1.54) is 6.08 Å². The summed E-state index contributed by atoms with van der Waals surface area (Å²) in [6.45, 7) is 0. The molecule has 25 heavy (non-hydrogen) atoms. The lowest BCUT2D eigenvalue weighted by molar-refractivity contribution is -0.128. The molecule has 3 aromatic carbocycles. The van der Waals surface area contributed by atoms with Gasteiger partial charge in [-0.1, -0.05) is 30.3 Å². The highest BCUT2D eigenvalue weighted by atomic mass is 16.5. The number of nitrogens with two attached hydrogens (primary N) is 2. The van der Waals surface area contributed by atoms with E-state index in [1.807, 2.05) is 30.3 Å². The average Bonchev–Trinajstić information content (AvgIpc) is 2.60. The van der Waals surface area contributed by atoms with Crippen molar-refractivity contribution in [2.24, 2.45) is 5.73 Å². The van der Waals surface area contributed by atoms with Crippen LogP contribution in [-0.2, 0) is 4.79 Å². The molecule has 0 aliphatic carbocycles. The zero-order chi connectivity index (χ0) is 17.8. The quantitative estimate of drug-likeness (QED) is 0.170. The van der Waals surface area contributed by atoms with Crippen LogP contribution in [0, 0.1) is 5.41 Å². The van der Waals surface area contributed by atoms with Crippen LogP contribution in [0.25, 0.3) is 16.8 Å². The summed E-state index contributed by atoms with van der Waals surface area (Å²) in [5.74, 6) is 0.0109. The number of amidine groups is 1. The average molecular weight is 331 g/mol. The summed E-state index contributed by atoms with van der Waals surface area (Å²) in [5.41, 5.74) is 13.3. The number of hydrogen-bond donors (Lipinski definition) is 3. The number of anilines is 1. The van der Waals surface area contributed by atoms with Crippen molar-refractivity contribution in [1.29, 1.82) is 5.41 Å². The lowest BCUT2D eigenvalue weighted by Gasteiger charge is -2.05. The van der Waals surface area contributed by atoms with Crippen molar-refractivity contribution in [3.63, 3.8) is 0 Å². The van der Waals surface area contributed by atoms with E-state index in [1.54, 1.807) is 36.4 Å². The van der Waals surface area contributed by atoms with Gasteiger partial charge in [-0.3, -0.25) is 5.41 Å². The number of hydrogen-bond acceptors (Lipinski definition) is 4. The summed E-state index contributed by atoms with van der Waals surface area (Å²) in [5, 5.41) is 9.29. The second-order valence-corrected chi connectivity index (χ2v) is 5.56. The van der Waals surface area contributed by atoms with Gasteiger partial charge in [0, 0.05) is 17.3 Å². The maximum atomic E-state index is 12.0. The summed E-state index contributed by atoms with van der Waals surface area (Å²) in [6.07, 6.45) is 3.04. The molecule has 0 fully saturated rings. The number of benzene rings is 3. The summed E-state index contributed by atoms with van der Waals surface area (Å²) in [6, 6.07) is 17.9. The molecule has 0 atom stereocenters. The Morgan fingerprint density at radius 2 is 1.64 bits per heavy atom. The Morgan fingerprint density at radius 1 is 0.960 bits per heavy atom. The number of carbonyl (C=O) groups excluding carboxylic acids is 1. The molecule has 0 amide bonds. The van der Waals surface area contributed by atoms with Crippen LogP contribution in [-0.4, -0.2) is 11.8 Å². The number of carbonyl (C=O) groups is 1. The van der Waals surface area contributed by atoms with E-state index in [2.05, 4.69) is 0 Å². The van der Waals surface area contributed by atoms with E-state index in [4.69, 9.17) is 21.6 Å².